The summed E-state index contributed by atoms with van der Waals surface area (Å²) in [5.74, 6) is -0.784. The summed E-state index contributed by atoms with van der Waals surface area (Å²) in [5, 5.41) is 74.8. The summed E-state index contributed by atoms with van der Waals surface area (Å²) in [5.41, 5.74) is 0. The molecule has 1 heterocycles. The number of aliphatic hydroxyl groups is 7. The Kier molecular flexibility index (Phi) is 26.4. The minimum absolute atomic E-state index is 0.0385. The summed E-state index contributed by atoms with van der Waals surface area (Å²) >= 11 is 0. The average molecular weight is 698 g/mol. The van der Waals surface area contributed by atoms with Crippen LogP contribution in [0.2, 0.25) is 0 Å². The van der Waals surface area contributed by atoms with Crippen LogP contribution < -0.4 is 5.32 Å². The first kappa shape index (κ1) is 45.1. The number of allylic oxidation sites excluding steroid dienone is 7. The molecule has 11 nitrogen and oxygen atoms in total. The Morgan fingerprint density at radius 2 is 1.35 bits per heavy atom. The fourth-order valence-corrected chi connectivity index (χ4v) is 5.39. The third-order valence-electron chi connectivity index (χ3n) is 8.57. The van der Waals surface area contributed by atoms with E-state index in [0.717, 1.165) is 32.1 Å². The number of carbonyl (C=O) groups excluding carboxylic acids is 1. The lowest BCUT2D eigenvalue weighted by molar-refractivity contribution is -0.303. The summed E-state index contributed by atoms with van der Waals surface area (Å²) in [6.07, 6.45) is 19.3. The Balaban J connectivity index is 2.69. The van der Waals surface area contributed by atoms with Crippen LogP contribution in [0.1, 0.15) is 117 Å². The Hall–Kier alpha value is -1.93. The van der Waals surface area contributed by atoms with E-state index in [1.165, 1.54) is 38.5 Å². The molecule has 8 N–H and O–H groups in total. The highest BCUT2D eigenvalue weighted by atomic mass is 16.7. The van der Waals surface area contributed by atoms with Gasteiger partial charge in [0.15, 0.2) is 6.29 Å². The smallest absolute Gasteiger partial charge is 0.249 e. The van der Waals surface area contributed by atoms with Crippen molar-refractivity contribution in [3.05, 3.63) is 48.6 Å². The Labute approximate surface area is 294 Å². The number of rotatable bonds is 28. The van der Waals surface area contributed by atoms with Crippen LogP contribution in [0.5, 0.6) is 0 Å². The second-order valence-electron chi connectivity index (χ2n) is 12.9. The number of hydrogen-bond acceptors (Lipinski definition) is 10. The van der Waals surface area contributed by atoms with Gasteiger partial charge in [0.25, 0.3) is 0 Å². The molecular weight excluding hydrogens is 630 g/mol. The molecule has 0 aromatic rings. The normalized spacial score (nSPS) is 24.3. The van der Waals surface area contributed by atoms with Crippen LogP contribution in [0, 0.1) is 0 Å². The van der Waals surface area contributed by atoms with E-state index in [4.69, 9.17) is 9.47 Å². The van der Waals surface area contributed by atoms with Crippen LogP contribution >= 0.6 is 0 Å². The molecule has 49 heavy (non-hydrogen) atoms. The molecule has 1 saturated heterocycles. The number of carbonyl (C=O) groups is 1. The molecule has 0 bridgehead atoms. The summed E-state index contributed by atoms with van der Waals surface area (Å²) < 4.78 is 11.0. The van der Waals surface area contributed by atoms with Gasteiger partial charge in [-0.3, -0.25) is 4.79 Å². The Morgan fingerprint density at radius 3 is 2.04 bits per heavy atom. The van der Waals surface area contributed by atoms with Crippen LogP contribution in [-0.4, -0.2) is 110 Å². The highest BCUT2D eigenvalue weighted by Gasteiger charge is 2.44. The van der Waals surface area contributed by atoms with Crippen molar-refractivity contribution >= 4 is 5.91 Å². The van der Waals surface area contributed by atoms with Crippen molar-refractivity contribution in [1.29, 1.82) is 0 Å². The second-order valence-corrected chi connectivity index (χ2v) is 12.9. The van der Waals surface area contributed by atoms with Crippen molar-refractivity contribution < 1.29 is 50.0 Å². The van der Waals surface area contributed by atoms with Gasteiger partial charge in [0, 0.05) is 6.42 Å². The predicted molar refractivity (Wildman–Crippen MR) is 191 cm³/mol. The van der Waals surface area contributed by atoms with E-state index < -0.39 is 74.2 Å². The number of amides is 1. The lowest BCUT2D eigenvalue weighted by atomic mass is 9.99. The second kappa shape index (κ2) is 28.7. The molecule has 0 aliphatic carbocycles. The molecular formula is C38H67NO10. The van der Waals surface area contributed by atoms with Gasteiger partial charge in [-0.2, -0.15) is 0 Å². The maximum absolute atomic E-state index is 12.9. The minimum atomic E-state index is -1.68. The quantitative estimate of drug-likeness (QED) is 0.0440. The van der Waals surface area contributed by atoms with E-state index in [2.05, 4.69) is 49.5 Å². The van der Waals surface area contributed by atoms with Crippen LogP contribution in [0.4, 0.5) is 0 Å². The fourth-order valence-electron chi connectivity index (χ4n) is 5.39. The molecule has 1 amide bonds. The van der Waals surface area contributed by atoms with E-state index in [-0.39, 0.29) is 12.8 Å². The lowest BCUT2D eigenvalue weighted by Crippen LogP contribution is -2.60. The van der Waals surface area contributed by atoms with Crippen molar-refractivity contribution in [2.45, 2.75) is 172 Å². The van der Waals surface area contributed by atoms with Gasteiger partial charge in [-0.15, -0.1) is 0 Å². The van der Waals surface area contributed by atoms with Gasteiger partial charge < -0.3 is 50.5 Å². The zero-order chi connectivity index (χ0) is 36.3. The number of ether oxygens (including phenoxy) is 2. The van der Waals surface area contributed by atoms with Gasteiger partial charge in [0.2, 0.25) is 5.91 Å². The third-order valence-corrected chi connectivity index (χ3v) is 8.57. The molecule has 9 unspecified atom stereocenters. The van der Waals surface area contributed by atoms with E-state index in [9.17, 15) is 40.5 Å². The molecule has 9 atom stereocenters. The van der Waals surface area contributed by atoms with Gasteiger partial charge in [0.1, 0.15) is 36.6 Å². The third kappa shape index (κ3) is 19.9. The molecule has 0 aromatic carbocycles. The summed E-state index contributed by atoms with van der Waals surface area (Å²) in [4.78, 5) is 12.9. The number of nitrogens with one attached hydrogen (secondary N) is 1. The van der Waals surface area contributed by atoms with Crippen molar-refractivity contribution in [3.8, 4) is 0 Å². The zero-order valence-corrected chi connectivity index (χ0v) is 29.9. The van der Waals surface area contributed by atoms with Crippen molar-refractivity contribution in [3.63, 3.8) is 0 Å². The molecule has 1 rings (SSSR count). The largest absolute Gasteiger partial charge is 0.394 e. The number of unbranched alkanes of at least 4 members (excludes halogenated alkanes) is 9. The molecule has 0 aromatic heterocycles. The topological polar surface area (TPSA) is 189 Å². The molecule has 1 aliphatic rings. The first-order valence-electron chi connectivity index (χ1n) is 18.5. The van der Waals surface area contributed by atoms with E-state index >= 15 is 0 Å². The maximum atomic E-state index is 12.9. The number of hydrogen-bond donors (Lipinski definition) is 8. The minimum Gasteiger partial charge on any atom is -0.394 e. The lowest BCUT2D eigenvalue weighted by Gasteiger charge is -2.40. The fraction of sp³-hybridized carbons (Fsp3) is 0.763. The zero-order valence-electron chi connectivity index (χ0n) is 29.9. The van der Waals surface area contributed by atoms with Crippen molar-refractivity contribution in [2.24, 2.45) is 0 Å². The monoisotopic (exact) mass is 697 g/mol. The highest BCUT2D eigenvalue weighted by molar-refractivity contribution is 5.81. The standard InChI is InChI=1S/C38H67NO10/c1-3-5-7-9-11-13-15-16-18-20-22-24-26-31(42)37(47)39-29(28-48-38-36(46)35(45)34(44)32(27-40)49-38)33(43)30(41)25-23-21-19-17-14-12-10-8-6-4-2/h8,10,16-19,22,24,29-36,38,40-46H,3-7,9,11-15,20-21,23,25-28H2,1-2H3,(H,39,47)/b10-8+,18-16-,19-17+,24-22-. The molecule has 0 radical (unpaired) electrons. The SMILES string of the molecule is CCC/C=C/CC/C=C/CCCC(O)C(O)C(COC1OC(CO)C(O)C(O)C1O)NC(=O)C(O)C/C=C\C/C=C\CCCCCCCC. The van der Waals surface area contributed by atoms with E-state index in [1.54, 1.807) is 6.08 Å². The van der Waals surface area contributed by atoms with E-state index in [0.29, 0.717) is 19.3 Å². The Bertz CT molecular complexity index is 939. The van der Waals surface area contributed by atoms with Crippen LogP contribution in [0.15, 0.2) is 48.6 Å². The van der Waals surface area contributed by atoms with Crippen molar-refractivity contribution in [1.82, 2.24) is 5.32 Å². The summed E-state index contributed by atoms with van der Waals surface area (Å²) in [7, 11) is 0. The van der Waals surface area contributed by atoms with Gasteiger partial charge in [0.05, 0.1) is 25.4 Å². The van der Waals surface area contributed by atoms with Crippen LogP contribution in [-0.2, 0) is 14.3 Å². The van der Waals surface area contributed by atoms with Gasteiger partial charge in [-0.25, -0.2) is 0 Å². The summed E-state index contributed by atoms with van der Waals surface area (Å²) in [6, 6.07) is -1.22. The average Bonchev–Trinajstić information content (AvgIpc) is 3.10. The first-order chi connectivity index (χ1) is 23.7. The van der Waals surface area contributed by atoms with Gasteiger partial charge in [-0.1, -0.05) is 101 Å². The van der Waals surface area contributed by atoms with Gasteiger partial charge in [-0.05, 0) is 57.8 Å². The molecule has 1 fully saturated rings. The molecule has 0 spiro atoms. The number of aliphatic hydroxyl groups excluding tert-OH is 7. The predicted octanol–water partition coefficient (Wildman–Crippen LogP) is 3.88. The van der Waals surface area contributed by atoms with Crippen molar-refractivity contribution in [2.75, 3.05) is 13.2 Å². The molecule has 284 valence electrons. The molecule has 1 aliphatic heterocycles. The van der Waals surface area contributed by atoms with Crippen LogP contribution in [0.3, 0.4) is 0 Å². The van der Waals surface area contributed by atoms with E-state index in [1.807, 2.05) is 12.2 Å². The highest BCUT2D eigenvalue weighted by Crippen LogP contribution is 2.22. The maximum Gasteiger partial charge on any atom is 0.249 e. The molecule has 0 saturated carbocycles. The molecule has 11 heteroatoms. The first-order valence-corrected chi connectivity index (χ1v) is 18.5. The van der Waals surface area contributed by atoms with Crippen LogP contribution in [0.25, 0.3) is 0 Å². The summed E-state index contributed by atoms with van der Waals surface area (Å²) in [6.45, 7) is 3.23. The van der Waals surface area contributed by atoms with Gasteiger partial charge >= 0.3 is 0 Å². The Morgan fingerprint density at radius 1 is 0.735 bits per heavy atom.